The molecule has 0 amide bonds. The first-order valence-electron chi connectivity index (χ1n) is 6.87. The van der Waals surface area contributed by atoms with Gasteiger partial charge in [0, 0.05) is 19.3 Å². The lowest BCUT2D eigenvalue weighted by Gasteiger charge is -2.22. The van der Waals surface area contributed by atoms with Gasteiger partial charge in [0.1, 0.15) is 5.78 Å². The number of hydrogen-bond donors (Lipinski definition) is 1. The van der Waals surface area contributed by atoms with Gasteiger partial charge in [-0.2, -0.15) is 0 Å². The highest BCUT2D eigenvalue weighted by Gasteiger charge is 2.24. The zero-order chi connectivity index (χ0) is 14.4. The van der Waals surface area contributed by atoms with Crippen LogP contribution < -0.4 is 0 Å². The van der Waals surface area contributed by atoms with Crippen molar-refractivity contribution in [3.63, 3.8) is 0 Å². The van der Waals surface area contributed by atoms with Crippen LogP contribution in [0.2, 0.25) is 0 Å². The van der Waals surface area contributed by atoms with Gasteiger partial charge in [-0.25, -0.2) is 0 Å². The predicted molar refractivity (Wildman–Crippen MR) is 80.5 cm³/mol. The topological polar surface area (TPSA) is 37.3 Å². The molecule has 20 heavy (non-hydrogen) atoms. The molecule has 2 nitrogen and oxygen atoms in total. The summed E-state index contributed by atoms with van der Waals surface area (Å²) in [6, 6.07) is 19.4. The summed E-state index contributed by atoms with van der Waals surface area (Å²) < 4.78 is 0. The van der Waals surface area contributed by atoms with Gasteiger partial charge >= 0.3 is 0 Å². The molecule has 0 aliphatic heterocycles. The zero-order valence-electron chi connectivity index (χ0n) is 11.8. The fraction of sp³-hybridized carbons (Fsp3) is 0.278. The van der Waals surface area contributed by atoms with Crippen molar-refractivity contribution in [2.24, 2.45) is 0 Å². The van der Waals surface area contributed by atoms with Crippen molar-refractivity contribution >= 4 is 5.78 Å². The third kappa shape index (κ3) is 4.63. The molecule has 1 N–H and O–H groups in total. The number of rotatable bonds is 6. The summed E-state index contributed by atoms with van der Waals surface area (Å²) in [5.74, 6) is 0.0668. The molecule has 1 unspecified atom stereocenters. The van der Waals surface area contributed by atoms with Gasteiger partial charge in [0.05, 0.1) is 5.60 Å². The van der Waals surface area contributed by atoms with Crippen molar-refractivity contribution in [1.29, 1.82) is 0 Å². The van der Waals surface area contributed by atoms with Crippen LogP contribution in [0.25, 0.3) is 0 Å². The van der Waals surface area contributed by atoms with E-state index in [0.29, 0.717) is 12.8 Å². The second-order valence-corrected chi connectivity index (χ2v) is 5.54. The molecule has 2 aromatic rings. The highest BCUT2D eigenvalue weighted by atomic mass is 16.3. The summed E-state index contributed by atoms with van der Waals surface area (Å²) in [4.78, 5) is 12.1. The Labute approximate surface area is 120 Å². The van der Waals surface area contributed by atoms with Gasteiger partial charge in [-0.15, -0.1) is 0 Å². The Morgan fingerprint density at radius 1 is 0.950 bits per heavy atom. The summed E-state index contributed by atoms with van der Waals surface area (Å²) in [5, 5.41) is 10.4. The summed E-state index contributed by atoms with van der Waals surface area (Å²) in [6.45, 7) is 1.73. The molecule has 0 aromatic heterocycles. The van der Waals surface area contributed by atoms with Crippen LogP contribution in [0.1, 0.15) is 24.5 Å². The molecule has 2 aromatic carbocycles. The molecule has 104 valence electrons. The largest absolute Gasteiger partial charge is 0.389 e. The molecular weight excluding hydrogens is 248 g/mol. The molecule has 0 aliphatic carbocycles. The van der Waals surface area contributed by atoms with E-state index in [2.05, 4.69) is 0 Å². The molecule has 0 aliphatic rings. The van der Waals surface area contributed by atoms with E-state index in [1.54, 1.807) is 6.92 Å². The van der Waals surface area contributed by atoms with Gasteiger partial charge in [0.2, 0.25) is 0 Å². The van der Waals surface area contributed by atoms with E-state index in [4.69, 9.17) is 0 Å². The fourth-order valence-corrected chi connectivity index (χ4v) is 2.41. The maximum absolute atomic E-state index is 12.1. The lowest BCUT2D eigenvalue weighted by molar-refractivity contribution is -0.122. The van der Waals surface area contributed by atoms with Crippen LogP contribution in [0, 0.1) is 0 Å². The Kier molecular flexibility index (Phi) is 4.70. The van der Waals surface area contributed by atoms with Crippen LogP contribution in [0.5, 0.6) is 0 Å². The van der Waals surface area contributed by atoms with Crippen LogP contribution in [0.4, 0.5) is 0 Å². The molecule has 0 bridgehead atoms. The second kappa shape index (κ2) is 6.49. The quantitative estimate of drug-likeness (QED) is 0.873. The number of Topliss-reactive ketones (excluding diaryl/α,β-unsaturated/α-hetero) is 1. The van der Waals surface area contributed by atoms with Crippen LogP contribution in [-0.4, -0.2) is 16.5 Å². The molecule has 2 heteroatoms. The predicted octanol–water partition coefficient (Wildman–Crippen LogP) is 3.18. The number of benzene rings is 2. The van der Waals surface area contributed by atoms with Crippen molar-refractivity contribution in [2.75, 3.05) is 0 Å². The first-order valence-corrected chi connectivity index (χ1v) is 6.87. The van der Waals surface area contributed by atoms with Gasteiger partial charge in [0.25, 0.3) is 0 Å². The molecule has 0 fully saturated rings. The first kappa shape index (κ1) is 14.5. The molecule has 0 heterocycles. The zero-order valence-corrected chi connectivity index (χ0v) is 11.8. The minimum atomic E-state index is -0.993. The molecule has 0 spiro atoms. The Bertz CT molecular complexity index is 544. The third-order valence-electron chi connectivity index (χ3n) is 3.25. The van der Waals surface area contributed by atoms with E-state index < -0.39 is 5.60 Å². The fourth-order valence-electron chi connectivity index (χ4n) is 2.41. The van der Waals surface area contributed by atoms with Gasteiger partial charge in [0.15, 0.2) is 0 Å². The van der Waals surface area contributed by atoms with Gasteiger partial charge in [-0.3, -0.25) is 4.79 Å². The monoisotopic (exact) mass is 268 g/mol. The Hall–Kier alpha value is -1.93. The molecule has 0 saturated heterocycles. The lowest BCUT2D eigenvalue weighted by atomic mass is 9.90. The highest BCUT2D eigenvalue weighted by Crippen LogP contribution is 2.18. The number of carbonyl (C=O) groups excluding carboxylic acids is 1. The highest BCUT2D eigenvalue weighted by molar-refractivity contribution is 5.81. The molecule has 2 rings (SSSR count). The van der Waals surface area contributed by atoms with Gasteiger partial charge in [-0.05, 0) is 18.1 Å². The average Bonchev–Trinajstić information content (AvgIpc) is 2.39. The number of ketones is 1. The van der Waals surface area contributed by atoms with Gasteiger partial charge < -0.3 is 5.11 Å². The number of hydrogen-bond acceptors (Lipinski definition) is 2. The summed E-state index contributed by atoms with van der Waals surface area (Å²) in [7, 11) is 0. The van der Waals surface area contributed by atoms with Crippen molar-refractivity contribution in [3.8, 4) is 0 Å². The van der Waals surface area contributed by atoms with Crippen molar-refractivity contribution in [2.45, 2.75) is 31.8 Å². The Balaban J connectivity index is 1.92. The second-order valence-electron chi connectivity index (χ2n) is 5.54. The van der Waals surface area contributed by atoms with Crippen molar-refractivity contribution < 1.29 is 9.90 Å². The smallest absolute Gasteiger partial charge is 0.140 e. The van der Waals surface area contributed by atoms with Crippen LogP contribution >= 0.6 is 0 Å². The SMILES string of the molecule is CC(O)(CC(=O)Cc1ccccc1)Cc1ccccc1. The molecule has 0 saturated carbocycles. The van der Waals surface area contributed by atoms with E-state index in [9.17, 15) is 9.90 Å². The van der Waals surface area contributed by atoms with Crippen molar-refractivity contribution in [3.05, 3.63) is 71.8 Å². The average molecular weight is 268 g/mol. The molecule has 0 radical (unpaired) electrons. The van der Waals surface area contributed by atoms with Gasteiger partial charge in [-0.1, -0.05) is 60.7 Å². The first-order chi connectivity index (χ1) is 9.55. The Morgan fingerprint density at radius 2 is 1.45 bits per heavy atom. The number of carbonyl (C=O) groups is 1. The summed E-state index contributed by atoms with van der Waals surface area (Å²) in [5.41, 5.74) is 1.05. The standard InChI is InChI=1S/C18H20O2/c1-18(20,13-16-10-6-3-7-11-16)14-17(19)12-15-8-4-2-5-9-15/h2-11,20H,12-14H2,1H3. The van der Waals surface area contributed by atoms with Crippen LogP contribution in [-0.2, 0) is 17.6 Å². The number of aliphatic hydroxyl groups is 1. The maximum atomic E-state index is 12.1. The minimum absolute atomic E-state index is 0.0668. The minimum Gasteiger partial charge on any atom is -0.389 e. The van der Waals surface area contributed by atoms with Crippen molar-refractivity contribution in [1.82, 2.24) is 0 Å². The van der Waals surface area contributed by atoms with E-state index in [-0.39, 0.29) is 12.2 Å². The van der Waals surface area contributed by atoms with E-state index >= 15 is 0 Å². The lowest BCUT2D eigenvalue weighted by Crippen LogP contribution is -2.31. The summed E-state index contributed by atoms with van der Waals surface area (Å²) >= 11 is 0. The van der Waals surface area contributed by atoms with E-state index in [1.165, 1.54) is 0 Å². The summed E-state index contributed by atoms with van der Waals surface area (Å²) in [6.07, 6.45) is 1.05. The van der Waals surface area contributed by atoms with Crippen LogP contribution in [0.15, 0.2) is 60.7 Å². The molecular formula is C18H20O2. The van der Waals surface area contributed by atoms with Crippen LogP contribution in [0.3, 0.4) is 0 Å². The van der Waals surface area contributed by atoms with E-state index in [1.807, 2.05) is 60.7 Å². The van der Waals surface area contributed by atoms with E-state index in [0.717, 1.165) is 11.1 Å². The normalized spacial score (nSPS) is 13.7. The molecule has 1 atom stereocenters. The Morgan fingerprint density at radius 3 is 2.00 bits per heavy atom. The third-order valence-corrected chi connectivity index (χ3v) is 3.25. The maximum Gasteiger partial charge on any atom is 0.140 e.